The number of hydrogen-bond donors (Lipinski definition) is 1. The highest BCUT2D eigenvalue weighted by atomic mass is 16.5. The number of nitrogens with zero attached hydrogens (tertiary/aromatic N) is 1. The summed E-state index contributed by atoms with van der Waals surface area (Å²) in [4.78, 5) is 14.0. The molecule has 2 heterocycles. The van der Waals surface area contributed by atoms with Gasteiger partial charge in [0.05, 0.1) is 18.3 Å². The SMILES string of the molecule is CC1OCCC1CN1CNC2(CC2)C1=O. The first-order chi connectivity index (χ1) is 7.21. The molecule has 2 atom stereocenters. The van der Waals surface area contributed by atoms with Gasteiger partial charge in [0, 0.05) is 19.1 Å². The van der Waals surface area contributed by atoms with Crippen LogP contribution in [0, 0.1) is 5.92 Å². The Kier molecular flexibility index (Phi) is 2.04. The summed E-state index contributed by atoms with van der Waals surface area (Å²) in [6.07, 6.45) is 3.46. The van der Waals surface area contributed by atoms with Crippen molar-refractivity contribution in [2.24, 2.45) is 5.92 Å². The van der Waals surface area contributed by atoms with Crippen LogP contribution < -0.4 is 5.32 Å². The minimum atomic E-state index is -0.136. The van der Waals surface area contributed by atoms with Crippen molar-refractivity contribution in [2.45, 2.75) is 37.8 Å². The Labute approximate surface area is 90.0 Å². The smallest absolute Gasteiger partial charge is 0.243 e. The summed E-state index contributed by atoms with van der Waals surface area (Å²) in [6.45, 7) is 4.57. The standard InChI is InChI=1S/C11H18N2O2/c1-8-9(2-5-15-8)6-13-7-12-11(3-4-11)10(13)14/h8-9,12H,2-7H2,1H3. The molecule has 2 aliphatic heterocycles. The van der Waals surface area contributed by atoms with Crippen LogP contribution in [0.5, 0.6) is 0 Å². The number of rotatable bonds is 2. The first-order valence-corrected chi connectivity index (χ1v) is 5.87. The Bertz CT molecular complexity index is 288. The second-order valence-corrected chi connectivity index (χ2v) is 5.07. The maximum Gasteiger partial charge on any atom is 0.243 e. The molecule has 1 amide bonds. The molecule has 0 aromatic carbocycles. The molecule has 15 heavy (non-hydrogen) atoms. The average molecular weight is 210 g/mol. The topological polar surface area (TPSA) is 41.6 Å². The van der Waals surface area contributed by atoms with Crippen molar-refractivity contribution >= 4 is 5.91 Å². The lowest BCUT2D eigenvalue weighted by atomic mass is 10.0. The summed E-state index contributed by atoms with van der Waals surface area (Å²) >= 11 is 0. The van der Waals surface area contributed by atoms with Crippen molar-refractivity contribution in [3.63, 3.8) is 0 Å². The van der Waals surface area contributed by atoms with E-state index in [4.69, 9.17) is 4.74 Å². The Hall–Kier alpha value is -0.610. The number of ether oxygens (including phenoxy) is 1. The predicted octanol–water partition coefficient (Wildman–Crippen LogP) is 0.333. The van der Waals surface area contributed by atoms with E-state index in [1.54, 1.807) is 0 Å². The fraction of sp³-hybridized carbons (Fsp3) is 0.909. The normalized spacial score (nSPS) is 37.9. The van der Waals surface area contributed by atoms with E-state index in [1.807, 2.05) is 4.90 Å². The molecule has 84 valence electrons. The van der Waals surface area contributed by atoms with Crippen LogP contribution in [0.3, 0.4) is 0 Å². The summed E-state index contributed by atoms with van der Waals surface area (Å²) in [5, 5.41) is 3.33. The van der Waals surface area contributed by atoms with E-state index in [0.29, 0.717) is 17.9 Å². The lowest BCUT2D eigenvalue weighted by Gasteiger charge is -2.21. The maximum atomic E-state index is 12.0. The molecule has 4 heteroatoms. The predicted molar refractivity (Wildman–Crippen MR) is 55.2 cm³/mol. The van der Waals surface area contributed by atoms with Crippen molar-refractivity contribution in [2.75, 3.05) is 19.8 Å². The van der Waals surface area contributed by atoms with Gasteiger partial charge in [-0.25, -0.2) is 0 Å². The molecule has 4 nitrogen and oxygen atoms in total. The van der Waals surface area contributed by atoms with Crippen LogP contribution >= 0.6 is 0 Å². The molecule has 0 aromatic heterocycles. The largest absolute Gasteiger partial charge is 0.378 e. The fourth-order valence-corrected chi connectivity index (χ4v) is 2.66. The maximum absolute atomic E-state index is 12.0. The van der Waals surface area contributed by atoms with E-state index >= 15 is 0 Å². The Morgan fingerprint density at radius 3 is 2.93 bits per heavy atom. The van der Waals surface area contributed by atoms with Gasteiger partial charge < -0.3 is 9.64 Å². The first-order valence-electron chi connectivity index (χ1n) is 5.87. The third-order valence-corrected chi connectivity index (χ3v) is 4.04. The van der Waals surface area contributed by atoms with Crippen LogP contribution in [0.4, 0.5) is 0 Å². The first kappa shape index (κ1) is 9.60. The van der Waals surface area contributed by atoms with Crippen LogP contribution in [0.1, 0.15) is 26.2 Å². The van der Waals surface area contributed by atoms with Gasteiger partial charge in [-0.2, -0.15) is 0 Å². The number of nitrogens with one attached hydrogen (secondary N) is 1. The van der Waals surface area contributed by atoms with Crippen molar-refractivity contribution in [1.29, 1.82) is 0 Å². The zero-order valence-electron chi connectivity index (χ0n) is 9.16. The highest BCUT2D eigenvalue weighted by molar-refractivity contribution is 5.91. The van der Waals surface area contributed by atoms with Gasteiger partial charge in [-0.3, -0.25) is 10.1 Å². The number of carbonyl (C=O) groups is 1. The third kappa shape index (κ3) is 1.47. The van der Waals surface area contributed by atoms with E-state index in [1.165, 1.54) is 0 Å². The van der Waals surface area contributed by atoms with Crippen molar-refractivity contribution in [3.05, 3.63) is 0 Å². The zero-order chi connectivity index (χ0) is 10.5. The van der Waals surface area contributed by atoms with Gasteiger partial charge in [0.25, 0.3) is 0 Å². The van der Waals surface area contributed by atoms with Gasteiger partial charge in [0.2, 0.25) is 5.91 Å². The van der Waals surface area contributed by atoms with Crippen LogP contribution in [-0.4, -0.2) is 42.3 Å². The summed E-state index contributed by atoms with van der Waals surface area (Å²) in [7, 11) is 0. The molecule has 1 spiro atoms. The second kappa shape index (κ2) is 3.19. The number of hydrogen-bond acceptors (Lipinski definition) is 3. The number of amides is 1. The van der Waals surface area contributed by atoms with E-state index in [9.17, 15) is 4.79 Å². The van der Waals surface area contributed by atoms with E-state index in [2.05, 4.69) is 12.2 Å². The molecule has 3 rings (SSSR count). The molecule has 3 aliphatic rings. The van der Waals surface area contributed by atoms with Gasteiger partial charge in [0.1, 0.15) is 0 Å². The summed E-state index contributed by atoms with van der Waals surface area (Å²) in [5.74, 6) is 0.853. The molecule has 1 N–H and O–H groups in total. The monoisotopic (exact) mass is 210 g/mol. The van der Waals surface area contributed by atoms with Gasteiger partial charge in [-0.15, -0.1) is 0 Å². The molecular formula is C11H18N2O2. The van der Waals surface area contributed by atoms with E-state index < -0.39 is 0 Å². The molecule has 0 radical (unpaired) electrons. The molecule has 2 unspecified atom stereocenters. The molecular weight excluding hydrogens is 192 g/mol. The Morgan fingerprint density at radius 1 is 1.60 bits per heavy atom. The Balaban J connectivity index is 1.62. The molecule has 0 aromatic rings. The van der Waals surface area contributed by atoms with E-state index in [0.717, 1.165) is 39.1 Å². The van der Waals surface area contributed by atoms with Crippen LogP contribution in [0.25, 0.3) is 0 Å². The third-order valence-electron chi connectivity index (χ3n) is 4.04. The van der Waals surface area contributed by atoms with Gasteiger partial charge >= 0.3 is 0 Å². The summed E-state index contributed by atoms with van der Waals surface area (Å²) in [5.41, 5.74) is -0.136. The van der Waals surface area contributed by atoms with Crippen LogP contribution in [0.15, 0.2) is 0 Å². The molecule has 0 bridgehead atoms. The fourth-order valence-electron chi connectivity index (χ4n) is 2.66. The quantitative estimate of drug-likeness (QED) is 0.714. The summed E-state index contributed by atoms with van der Waals surface area (Å²) < 4.78 is 5.52. The lowest BCUT2D eigenvalue weighted by molar-refractivity contribution is -0.130. The molecule has 1 saturated carbocycles. The second-order valence-electron chi connectivity index (χ2n) is 5.07. The molecule has 2 saturated heterocycles. The number of carbonyl (C=O) groups excluding carboxylic acids is 1. The van der Waals surface area contributed by atoms with Gasteiger partial charge in [0.15, 0.2) is 0 Å². The lowest BCUT2D eigenvalue weighted by Crippen LogP contribution is -2.36. The minimum absolute atomic E-state index is 0.136. The van der Waals surface area contributed by atoms with Crippen LogP contribution in [0.2, 0.25) is 0 Å². The van der Waals surface area contributed by atoms with E-state index in [-0.39, 0.29) is 5.54 Å². The van der Waals surface area contributed by atoms with Gasteiger partial charge in [-0.1, -0.05) is 0 Å². The summed E-state index contributed by atoms with van der Waals surface area (Å²) in [6, 6.07) is 0. The highest BCUT2D eigenvalue weighted by Gasteiger charge is 2.55. The average Bonchev–Trinajstić information content (AvgIpc) is 2.83. The Morgan fingerprint density at radius 2 is 2.40 bits per heavy atom. The van der Waals surface area contributed by atoms with Crippen molar-refractivity contribution in [3.8, 4) is 0 Å². The minimum Gasteiger partial charge on any atom is -0.378 e. The molecule has 1 aliphatic carbocycles. The van der Waals surface area contributed by atoms with Crippen LogP contribution in [-0.2, 0) is 9.53 Å². The molecule has 3 fully saturated rings. The van der Waals surface area contributed by atoms with Crippen molar-refractivity contribution < 1.29 is 9.53 Å². The van der Waals surface area contributed by atoms with Gasteiger partial charge in [-0.05, 0) is 26.2 Å². The highest BCUT2D eigenvalue weighted by Crippen LogP contribution is 2.40. The zero-order valence-corrected chi connectivity index (χ0v) is 9.16. The van der Waals surface area contributed by atoms with Crippen molar-refractivity contribution in [1.82, 2.24) is 10.2 Å².